The number of amides is 1. The van der Waals surface area contributed by atoms with Crippen molar-refractivity contribution >= 4 is 18.5 Å². The molecule has 20 heavy (non-hydrogen) atoms. The minimum atomic E-state index is -0.601. The van der Waals surface area contributed by atoms with E-state index in [1.165, 1.54) is 6.07 Å². The maximum Gasteiger partial charge on any atom is 0.494 e. The lowest BCUT2D eigenvalue weighted by atomic mass is 9.78. The summed E-state index contributed by atoms with van der Waals surface area (Å²) < 4.78 is 11.8. The second-order valence-corrected chi connectivity index (χ2v) is 5.98. The van der Waals surface area contributed by atoms with E-state index in [4.69, 9.17) is 9.31 Å². The van der Waals surface area contributed by atoms with Gasteiger partial charge in [0, 0.05) is 12.6 Å². The molecule has 2 rings (SSSR count). The minimum Gasteiger partial charge on any atom is -0.508 e. The monoisotopic (exact) mass is 277 g/mol. The van der Waals surface area contributed by atoms with Crippen LogP contribution in [0.3, 0.4) is 0 Å². The first-order valence-corrected chi connectivity index (χ1v) is 6.58. The number of phenols is 1. The number of benzene rings is 1. The summed E-state index contributed by atoms with van der Waals surface area (Å²) in [4.78, 5) is 11.7. The summed E-state index contributed by atoms with van der Waals surface area (Å²) in [5, 5.41) is 12.3. The number of nitrogens with one attached hydrogen (secondary N) is 1. The molecule has 1 fully saturated rings. The number of phenolic OH excluding ortho intramolecular Hbond substituents is 1. The molecule has 0 atom stereocenters. The third kappa shape index (κ3) is 2.53. The molecule has 1 heterocycles. The number of aromatic hydroxyl groups is 1. The summed E-state index contributed by atoms with van der Waals surface area (Å²) >= 11 is 0. The van der Waals surface area contributed by atoms with Crippen LogP contribution in [0.25, 0.3) is 0 Å². The molecule has 1 saturated heterocycles. The average Bonchev–Trinajstić information content (AvgIpc) is 2.57. The van der Waals surface area contributed by atoms with Crippen molar-refractivity contribution in [1.82, 2.24) is 5.32 Å². The molecule has 1 amide bonds. The lowest BCUT2D eigenvalue weighted by molar-refractivity contribution is 0.00578. The Labute approximate surface area is 119 Å². The van der Waals surface area contributed by atoms with Gasteiger partial charge in [0.1, 0.15) is 5.75 Å². The largest absolute Gasteiger partial charge is 0.508 e. The zero-order valence-corrected chi connectivity index (χ0v) is 12.5. The van der Waals surface area contributed by atoms with E-state index in [1.54, 1.807) is 19.2 Å². The van der Waals surface area contributed by atoms with Crippen LogP contribution in [-0.4, -0.2) is 36.4 Å². The highest BCUT2D eigenvalue weighted by molar-refractivity contribution is 6.62. The Balaban J connectivity index is 2.35. The molecule has 2 N–H and O–H groups in total. The van der Waals surface area contributed by atoms with Gasteiger partial charge < -0.3 is 19.7 Å². The normalized spacial score (nSPS) is 19.9. The Morgan fingerprint density at radius 2 is 1.70 bits per heavy atom. The number of carbonyl (C=O) groups is 1. The molecule has 0 unspecified atom stereocenters. The lowest BCUT2D eigenvalue weighted by Gasteiger charge is -2.32. The smallest absolute Gasteiger partial charge is 0.494 e. The SMILES string of the molecule is CNC(=O)c1cc(O)cc(B2OC(C)(C)C(C)(C)O2)c1. The average molecular weight is 277 g/mol. The number of rotatable bonds is 2. The van der Waals surface area contributed by atoms with Crippen molar-refractivity contribution in [3.8, 4) is 5.75 Å². The summed E-state index contributed by atoms with van der Waals surface area (Å²) in [6.07, 6.45) is 0. The van der Waals surface area contributed by atoms with Gasteiger partial charge in [0.15, 0.2) is 0 Å². The van der Waals surface area contributed by atoms with E-state index in [9.17, 15) is 9.90 Å². The van der Waals surface area contributed by atoms with Crippen molar-refractivity contribution in [2.75, 3.05) is 7.05 Å². The molecule has 1 aromatic rings. The first-order chi connectivity index (χ1) is 9.16. The van der Waals surface area contributed by atoms with Gasteiger partial charge in [-0.1, -0.05) is 0 Å². The molecule has 108 valence electrons. The Kier molecular flexibility index (Phi) is 3.56. The van der Waals surface area contributed by atoms with Gasteiger partial charge in [0.25, 0.3) is 5.91 Å². The van der Waals surface area contributed by atoms with Crippen molar-refractivity contribution in [2.45, 2.75) is 38.9 Å². The van der Waals surface area contributed by atoms with E-state index in [2.05, 4.69) is 5.32 Å². The lowest BCUT2D eigenvalue weighted by Crippen LogP contribution is -2.41. The molecule has 0 radical (unpaired) electrons. The number of carbonyl (C=O) groups excluding carboxylic acids is 1. The quantitative estimate of drug-likeness (QED) is 0.793. The van der Waals surface area contributed by atoms with Gasteiger partial charge >= 0.3 is 7.12 Å². The number of hydrogen-bond donors (Lipinski definition) is 2. The van der Waals surface area contributed by atoms with E-state index >= 15 is 0 Å². The van der Waals surface area contributed by atoms with Crippen LogP contribution in [0.5, 0.6) is 5.75 Å². The van der Waals surface area contributed by atoms with Crippen molar-refractivity contribution in [2.24, 2.45) is 0 Å². The summed E-state index contributed by atoms with van der Waals surface area (Å²) in [6, 6.07) is 4.63. The molecule has 5 nitrogen and oxygen atoms in total. The molecular weight excluding hydrogens is 257 g/mol. The molecular formula is C14H20BNO4. The fraction of sp³-hybridized carbons (Fsp3) is 0.500. The summed E-state index contributed by atoms with van der Waals surface area (Å²) in [5.41, 5.74) is 0.0755. The van der Waals surface area contributed by atoms with Crippen LogP contribution in [0.15, 0.2) is 18.2 Å². The zero-order chi connectivity index (χ0) is 15.1. The maximum absolute atomic E-state index is 11.7. The predicted octanol–water partition coefficient (Wildman–Crippen LogP) is 1.05. The third-order valence-corrected chi connectivity index (χ3v) is 3.95. The van der Waals surface area contributed by atoms with Crippen molar-refractivity contribution in [3.63, 3.8) is 0 Å². The van der Waals surface area contributed by atoms with E-state index < -0.39 is 18.3 Å². The fourth-order valence-corrected chi connectivity index (χ4v) is 2.03. The molecule has 0 aliphatic carbocycles. The standard InChI is InChI=1S/C14H20BNO4/c1-13(2)14(3,4)20-15(19-13)10-6-9(12(18)16-5)7-11(17)8-10/h6-8,17H,1-5H3,(H,16,18). The Bertz CT molecular complexity index is 526. The third-order valence-electron chi connectivity index (χ3n) is 3.95. The number of hydrogen-bond acceptors (Lipinski definition) is 4. The second-order valence-electron chi connectivity index (χ2n) is 5.98. The molecule has 0 spiro atoms. The molecule has 0 aromatic heterocycles. The van der Waals surface area contributed by atoms with Crippen molar-refractivity contribution in [3.05, 3.63) is 23.8 Å². The van der Waals surface area contributed by atoms with Crippen LogP contribution in [-0.2, 0) is 9.31 Å². The van der Waals surface area contributed by atoms with E-state index in [0.29, 0.717) is 11.0 Å². The van der Waals surface area contributed by atoms with Gasteiger partial charge in [-0.25, -0.2) is 0 Å². The predicted molar refractivity (Wildman–Crippen MR) is 77.2 cm³/mol. The van der Waals surface area contributed by atoms with Crippen LogP contribution >= 0.6 is 0 Å². The highest BCUT2D eigenvalue weighted by Crippen LogP contribution is 2.36. The summed E-state index contributed by atoms with van der Waals surface area (Å²) in [6.45, 7) is 7.82. The van der Waals surface area contributed by atoms with E-state index in [-0.39, 0.29) is 11.7 Å². The fourth-order valence-electron chi connectivity index (χ4n) is 2.03. The highest BCUT2D eigenvalue weighted by atomic mass is 16.7. The second kappa shape index (κ2) is 4.79. The maximum atomic E-state index is 11.7. The molecule has 0 saturated carbocycles. The highest BCUT2D eigenvalue weighted by Gasteiger charge is 2.51. The van der Waals surface area contributed by atoms with Gasteiger partial charge in [-0.15, -0.1) is 0 Å². The summed E-state index contributed by atoms with van der Waals surface area (Å²) in [5.74, 6) is -0.255. The van der Waals surface area contributed by atoms with Crippen LogP contribution < -0.4 is 10.8 Å². The Morgan fingerprint density at radius 3 is 2.20 bits per heavy atom. The first-order valence-electron chi connectivity index (χ1n) is 6.58. The van der Waals surface area contributed by atoms with Crippen LogP contribution in [0, 0.1) is 0 Å². The summed E-state index contributed by atoms with van der Waals surface area (Å²) in [7, 11) is 0.941. The van der Waals surface area contributed by atoms with Gasteiger partial charge in [-0.05, 0) is 51.4 Å². The molecule has 1 aromatic carbocycles. The first kappa shape index (κ1) is 14.9. The van der Waals surface area contributed by atoms with Gasteiger partial charge in [-0.3, -0.25) is 4.79 Å². The van der Waals surface area contributed by atoms with Crippen LogP contribution in [0.2, 0.25) is 0 Å². The molecule has 1 aliphatic rings. The van der Waals surface area contributed by atoms with Gasteiger partial charge in [0.2, 0.25) is 0 Å². The molecule has 0 bridgehead atoms. The van der Waals surface area contributed by atoms with Crippen molar-refractivity contribution in [1.29, 1.82) is 0 Å². The van der Waals surface area contributed by atoms with Gasteiger partial charge in [-0.2, -0.15) is 0 Å². The molecule has 1 aliphatic heterocycles. The van der Waals surface area contributed by atoms with Crippen LogP contribution in [0.1, 0.15) is 38.1 Å². The van der Waals surface area contributed by atoms with Gasteiger partial charge in [0.05, 0.1) is 11.2 Å². The minimum absolute atomic E-state index is 0.0100. The van der Waals surface area contributed by atoms with E-state index in [1.807, 2.05) is 27.7 Å². The zero-order valence-electron chi connectivity index (χ0n) is 12.5. The Hall–Kier alpha value is -1.53. The molecule has 6 heteroatoms. The topological polar surface area (TPSA) is 67.8 Å². The van der Waals surface area contributed by atoms with E-state index in [0.717, 1.165) is 0 Å². The van der Waals surface area contributed by atoms with Crippen LogP contribution in [0.4, 0.5) is 0 Å². The van der Waals surface area contributed by atoms with Crippen molar-refractivity contribution < 1.29 is 19.2 Å². The Morgan fingerprint density at radius 1 is 1.15 bits per heavy atom.